The Kier molecular flexibility index (Phi) is 2.61. The number of benzene rings is 3. The highest BCUT2D eigenvalue weighted by molar-refractivity contribution is 6.06. The van der Waals surface area contributed by atoms with Gasteiger partial charge in [0.1, 0.15) is 11.2 Å². The fourth-order valence-electron chi connectivity index (χ4n) is 3.03. The van der Waals surface area contributed by atoms with Crippen LogP contribution in [0.2, 0.25) is 0 Å². The molecule has 0 saturated heterocycles. The van der Waals surface area contributed by atoms with Crippen LogP contribution in [0.5, 0.6) is 0 Å². The predicted octanol–water partition coefficient (Wildman–Crippen LogP) is 5.87. The summed E-state index contributed by atoms with van der Waals surface area (Å²) in [5, 5.41) is 2.36. The van der Waals surface area contributed by atoms with Crippen molar-refractivity contribution in [2.24, 2.45) is 0 Å². The van der Waals surface area contributed by atoms with Crippen LogP contribution in [0.3, 0.4) is 0 Å². The molecule has 0 atom stereocenters. The second-order valence-electron chi connectivity index (χ2n) is 5.63. The molecule has 0 aliphatic heterocycles. The van der Waals surface area contributed by atoms with Gasteiger partial charge in [-0.25, -0.2) is 0 Å². The molecule has 0 amide bonds. The lowest BCUT2D eigenvalue weighted by Crippen LogP contribution is -1.84. The second-order valence-corrected chi connectivity index (χ2v) is 5.63. The average Bonchev–Trinajstić information content (AvgIpc) is 2.85. The maximum atomic E-state index is 5.89. The van der Waals surface area contributed by atoms with Crippen molar-refractivity contribution in [2.75, 3.05) is 0 Å². The first kappa shape index (κ1) is 12.2. The molecule has 0 aliphatic carbocycles. The van der Waals surface area contributed by atoms with Crippen molar-refractivity contribution in [2.45, 2.75) is 13.8 Å². The van der Waals surface area contributed by atoms with E-state index in [0.717, 1.165) is 11.2 Å². The molecule has 102 valence electrons. The fraction of sp³-hybridized carbons (Fsp3) is 0.100. The molecule has 0 saturated carbocycles. The number of fused-ring (bicyclic) bond motifs is 3. The molecule has 0 aliphatic rings. The van der Waals surface area contributed by atoms with Gasteiger partial charge in [0.15, 0.2) is 0 Å². The van der Waals surface area contributed by atoms with Gasteiger partial charge >= 0.3 is 0 Å². The minimum absolute atomic E-state index is 0.949. The summed E-state index contributed by atoms with van der Waals surface area (Å²) >= 11 is 0. The highest BCUT2D eigenvalue weighted by Crippen LogP contribution is 2.33. The molecule has 1 heteroatoms. The van der Waals surface area contributed by atoms with Crippen LogP contribution < -0.4 is 0 Å². The van der Waals surface area contributed by atoms with Crippen LogP contribution in [-0.2, 0) is 0 Å². The van der Waals surface area contributed by atoms with Crippen molar-refractivity contribution < 1.29 is 4.42 Å². The van der Waals surface area contributed by atoms with Gasteiger partial charge in [0, 0.05) is 10.8 Å². The van der Waals surface area contributed by atoms with E-state index in [1.807, 2.05) is 12.1 Å². The molecule has 0 N–H and O–H groups in total. The average molecular weight is 272 g/mol. The van der Waals surface area contributed by atoms with Gasteiger partial charge in [0.05, 0.1) is 0 Å². The van der Waals surface area contributed by atoms with E-state index in [4.69, 9.17) is 4.42 Å². The van der Waals surface area contributed by atoms with Crippen molar-refractivity contribution in [3.8, 4) is 11.1 Å². The highest BCUT2D eigenvalue weighted by atomic mass is 16.3. The first-order valence-corrected chi connectivity index (χ1v) is 7.21. The van der Waals surface area contributed by atoms with Crippen LogP contribution in [0.4, 0.5) is 0 Å². The van der Waals surface area contributed by atoms with Gasteiger partial charge in [-0.15, -0.1) is 0 Å². The van der Waals surface area contributed by atoms with Crippen LogP contribution in [0.25, 0.3) is 33.1 Å². The summed E-state index contributed by atoms with van der Waals surface area (Å²) in [6.45, 7) is 4.30. The standard InChI is InChI=1S/C20H16O/c1-13-7-9-16(14(2)11-13)15-8-10-20-18(12-15)17-5-3-4-6-19(17)21-20/h3-12H,1-2H3. The summed E-state index contributed by atoms with van der Waals surface area (Å²) in [6.07, 6.45) is 0. The third-order valence-electron chi connectivity index (χ3n) is 4.07. The van der Waals surface area contributed by atoms with E-state index in [9.17, 15) is 0 Å². The molecule has 1 aromatic heterocycles. The first-order chi connectivity index (χ1) is 10.2. The summed E-state index contributed by atoms with van der Waals surface area (Å²) in [7, 11) is 0. The lowest BCUT2D eigenvalue weighted by molar-refractivity contribution is 0.669. The fourth-order valence-corrected chi connectivity index (χ4v) is 3.03. The SMILES string of the molecule is Cc1ccc(-c2ccc3oc4ccccc4c3c2)c(C)c1. The van der Waals surface area contributed by atoms with Gasteiger partial charge in [-0.2, -0.15) is 0 Å². The molecule has 4 aromatic rings. The number of rotatable bonds is 1. The molecule has 0 spiro atoms. The van der Waals surface area contributed by atoms with Gasteiger partial charge in [0.25, 0.3) is 0 Å². The molecule has 0 fully saturated rings. The van der Waals surface area contributed by atoms with E-state index in [1.165, 1.54) is 33.0 Å². The second kappa shape index (κ2) is 4.49. The first-order valence-electron chi connectivity index (χ1n) is 7.21. The topological polar surface area (TPSA) is 13.1 Å². The number of furan rings is 1. The molecule has 1 nitrogen and oxygen atoms in total. The lowest BCUT2D eigenvalue weighted by atomic mass is 9.97. The lowest BCUT2D eigenvalue weighted by Gasteiger charge is -2.07. The monoisotopic (exact) mass is 272 g/mol. The normalized spacial score (nSPS) is 11.3. The molecule has 0 unspecified atom stereocenters. The van der Waals surface area contributed by atoms with Crippen LogP contribution in [-0.4, -0.2) is 0 Å². The van der Waals surface area contributed by atoms with E-state index in [1.54, 1.807) is 0 Å². The Morgan fingerprint density at radius 3 is 2.38 bits per heavy atom. The number of hydrogen-bond acceptors (Lipinski definition) is 1. The van der Waals surface area contributed by atoms with Crippen molar-refractivity contribution in [3.63, 3.8) is 0 Å². The Hall–Kier alpha value is -2.54. The summed E-state index contributed by atoms with van der Waals surface area (Å²) in [5.74, 6) is 0. The number of aryl methyl sites for hydroxylation is 2. The van der Waals surface area contributed by atoms with E-state index in [0.29, 0.717) is 0 Å². The van der Waals surface area contributed by atoms with Crippen LogP contribution in [0.1, 0.15) is 11.1 Å². The molecular formula is C20H16O. The molecule has 0 bridgehead atoms. The van der Waals surface area contributed by atoms with Crippen LogP contribution in [0.15, 0.2) is 65.1 Å². The summed E-state index contributed by atoms with van der Waals surface area (Å²) in [4.78, 5) is 0. The summed E-state index contributed by atoms with van der Waals surface area (Å²) < 4.78 is 5.89. The van der Waals surface area contributed by atoms with Gasteiger partial charge in [-0.3, -0.25) is 0 Å². The molecule has 0 radical (unpaired) electrons. The van der Waals surface area contributed by atoms with Gasteiger partial charge in [0.2, 0.25) is 0 Å². The Labute approximate surface area is 123 Å². The van der Waals surface area contributed by atoms with E-state index >= 15 is 0 Å². The van der Waals surface area contributed by atoms with Crippen molar-refractivity contribution in [1.29, 1.82) is 0 Å². The molecule has 21 heavy (non-hydrogen) atoms. The predicted molar refractivity (Wildman–Crippen MR) is 88.6 cm³/mol. The Morgan fingerprint density at radius 1 is 0.714 bits per heavy atom. The Bertz CT molecular complexity index is 960. The van der Waals surface area contributed by atoms with Crippen molar-refractivity contribution in [1.82, 2.24) is 0 Å². The van der Waals surface area contributed by atoms with E-state index in [2.05, 4.69) is 62.4 Å². The minimum Gasteiger partial charge on any atom is -0.456 e. The Balaban J connectivity index is 1.99. The third kappa shape index (κ3) is 1.93. The van der Waals surface area contributed by atoms with Gasteiger partial charge in [-0.1, -0.05) is 48.0 Å². The zero-order chi connectivity index (χ0) is 14.4. The zero-order valence-corrected chi connectivity index (χ0v) is 12.2. The molecule has 3 aromatic carbocycles. The quantitative estimate of drug-likeness (QED) is 0.422. The number of para-hydroxylation sites is 1. The highest BCUT2D eigenvalue weighted by Gasteiger charge is 2.09. The van der Waals surface area contributed by atoms with Crippen molar-refractivity contribution in [3.05, 3.63) is 71.8 Å². The van der Waals surface area contributed by atoms with E-state index in [-0.39, 0.29) is 0 Å². The van der Waals surface area contributed by atoms with E-state index < -0.39 is 0 Å². The maximum Gasteiger partial charge on any atom is 0.135 e. The number of hydrogen-bond donors (Lipinski definition) is 0. The largest absolute Gasteiger partial charge is 0.456 e. The van der Waals surface area contributed by atoms with Crippen LogP contribution >= 0.6 is 0 Å². The van der Waals surface area contributed by atoms with Gasteiger partial charge in [-0.05, 0) is 48.7 Å². The summed E-state index contributed by atoms with van der Waals surface area (Å²) in [6, 6.07) is 21.3. The third-order valence-corrected chi connectivity index (χ3v) is 4.07. The van der Waals surface area contributed by atoms with Crippen LogP contribution in [0, 0.1) is 13.8 Å². The minimum atomic E-state index is 0.949. The summed E-state index contributed by atoms with van der Waals surface area (Å²) in [5.41, 5.74) is 7.03. The molecular weight excluding hydrogens is 256 g/mol. The maximum absolute atomic E-state index is 5.89. The zero-order valence-electron chi connectivity index (χ0n) is 12.2. The molecule has 1 heterocycles. The van der Waals surface area contributed by atoms with Crippen molar-refractivity contribution >= 4 is 21.9 Å². The Morgan fingerprint density at radius 2 is 1.52 bits per heavy atom. The molecule has 4 rings (SSSR count). The van der Waals surface area contributed by atoms with Gasteiger partial charge < -0.3 is 4.42 Å². The smallest absolute Gasteiger partial charge is 0.135 e.